The number of aryl methyl sites for hydroxylation is 2. The number of allylic oxidation sites excluding steroid dienone is 1. The molecule has 0 amide bonds. The Morgan fingerprint density at radius 3 is 2.58 bits per heavy atom. The Hall–Kier alpha value is -2.91. The van der Waals surface area contributed by atoms with Crippen molar-refractivity contribution < 1.29 is 14.7 Å². The molecular formula is C20H18N2O3S. The van der Waals surface area contributed by atoms with Crippen LogP contribution in [0.25, 0.3) is 0 Å². The van der Waals surface area contributed by atoms with Crippen LogP contribution in [0, 0.1) is 18.3 Å². The Morgan fingerprint density at radius 1 is 1.23 bits per heavy atom. The van der Waals surface area contributed by atoms with Crippen molar-refractivity contribution in [2.45, 2.75) is 32.6 Å². The first-order valence-electron chi connectivity index (χ1n) is 8.37. The predicted molar refractivity (Wildman–Crippen MR) is 101 cm³/mol. The minimum absolute atomic E-state index is 0.231. The number of nitrogens with zero attached hydrogens (tertiary/aromatic N) is 1. The van der Waals surface area contributed by atoms with Crippen LogP contribution in [0.3, 0.4) is 0 Å². The number of carbonyl (C=O) groups excluding carboxylic acids is 1. The molecular weight excluding hydrogens is 348 g/mol. The average molecular weight is 366 g/mol. The summed E-state index contributed by atoms with van der Waals surface area (Å²) in [7, 11) is 0. The number of carboxylic acids is 1. The SMILES string of the molecule is Cc1ccc(C(=O)C=C(Nc2sc3c(c2C#N)CCCC3)C(=O)O)cc1. The van der Waals surface area contributed by atoms with Gasteiger partial charge in [0, 0.05) is 16.5 Å². The van der Waals surface area contributed by atoms with Gasteiger partial charge in [0.25, 0.3) is 0 Å². The summed E-state index contributed by atoms with van der Waals surface area (Å²) in [5.41, 5.74) is 2.72. The molecule has 1 aromatic carbocycles. The van der Waals surface area contributed by atoms with E-state index in [0.717, 1.165) is 47.8 Å². The summed E-state index contributed by atoms with van der Waals surface area (Å²) in [4.78, 5) is 25.1. The first kappa shape index (κ1) is 17.9. The Balaban J connectivity index is 1.91. The van der Waals surface area contributed by atoms with Crippen molar-refractivity contribution in [2.75, 3.05) is 5.32 Å². The van der Waals surface area contributed by atoms with Gasteiger partial charge in [-0.15, -0.1) is 11.3 Å². The molecule has 132 valence electrons. The third-order valence-electron chi connectivity index (χ3n) is 4.37. The van der Waals surface area contributed by atoms with Gasteiger partial charge < -0.3 is 10.4 Å². The number of anilines is 1. The van der Waals surface area contributed by atoms with Crippen molar-refractivity contribution in [1.29, 1.82) is 5.26 Å². The molecule has 3 rings (SSSR count). The minimum atomic E-state index is -1.24. The van der Waals surface area contributed by atoms with Crippen molar-refractivity contribution in [3.05, 3.63) is 63.2 Å². The lowest BCUT2D eigenvalue weighted by Gasteiger charge is -2.09. The monoisotopic (exact) mass is 366 g/mol. The molecule has 0 spiro atoms. The van der Waals surface area contributed by atoms with Crippen LogP contribution < -0.4 is 5.32 Å². The number of carbonyl (C=O) groups is 2. The van der Waals surface area contributed by atoms with Gasteiger partial charge in [-0.1, -0.05) is 29.8 Å². The van der Waals surface area contributed by atoms with Crippen LogP contribution in [0.2, 0.25) is 0 Å². The third-order valence-corrected chi connectivity index (χ3v) is 5.58. The fraction of sp³-hybridized carbons (Fsp3) is 0.250. The number of hydrogen-bond donors (Lipinski definition) is 2. The smallest absolute Gasteiger partial charge is 0.352 e. The van der Waals surface area contributed by atoms with Crippen LogP contribution in [0.15, 0.2) is 36.0 Å². The first-order valence-corrected chi connectivity index (χ1v) is 9.19. The van der Waals surface area contributed by atoms with E-state index in [0.29, 0.717) is 16.1 Å². The maximum atomic E-state index is 12.4. The number of carboxylic acid groups (broad SMARTS) is 1. The van der Waals surface area contributed by atoms with Crippen LogP contribution in [0.4, 0.5) is 5.00 Å². The summed E-state index contributed by atoms with van der Waals surface area (Å²) in [6, 6.07) is 9.12. The van der Waals surface area contributed by atoms with Crippen molar-refractivity contribution >= 4 is 28.1 Å². The Labute approximate surface area is 155 Å². The number of nitrogens with one attached hydrogen (secondary N) is 1. The number of benzene rings is 1. The van der Waals surface area contributed by atoms with E-state index in [1.807, 2.05) is 6.92 Å². The molecule has 0 fully saturated rings. The summed E-state index contributed by atoms with van der Waals surface area (Å²) in [6.45, 7) is 1.91. The largest absolute Gasteiger partial charge is 0.477 e. The summed E-state index contributed by atoms with van der Waals surface area (Å²) >= 11 is 1.41. The van der Waals surface area contributed by atoms with E-state index < -0.39 is 11.8 Å². The van der Waals surface area contributed by atoms with E-state index in [1.54, 1.807) is 24.3 Å². The van der Waals surface area contributed by atoms with Gasteiger partial charge >= 0.3 is 5.97 Å². The summed E-state index contributed by atoms with van der Waals surface area (Å²) in [5.74, 6) is -1.63. The molecule has 2 N–H and O–H groups in total. The number of rotatable bonds is 5. The van der Waals surface area contributed by atoms with E-state index in [1.165, 1.54) is 11.3 Å². The van der Waals surface area contributed by atoms with E-state index in [9.17, 15) is 20.0 Å². The molecule has 0 unspecified atom stereocenters. The van der Waals surface area contributed by atoms with Crippen molar-refractivity contribution in [2.24, 2.45) is 0 Å². The molecule has 1 heterocycles. The number of hydrogen-bond acceptors (Lipinski definition) is 5. The van der Waals surface area contributed by atoms with Crippen LogP contribution in [-0.2, 0) is 17.6 Å². The molecule has 0 saturated carbocycles. The molecule has 5 nitrogen and oxygen atoms in total. The predicted octanol–water partition coefficient (Wildman–Crippen LogP) is 4.07. The Bertz CT molecular complexity index is 933. The standard InChI is InChI=1S/C20H18N2O3S/c1-12-6-8-13(9-7-12)17(23)10-16(20(24)25)22-19-15(11-21)14-4-2-3-5-18(14)26-19/h6-10,22H,2-5H2,1H3,(H,24,25). The molecule has 0 saturated heterocycles. The van der Waals surface area contributed by atoms with E-state index in [-0.39, 0.29) is 5.70 Å². The van der Waals surface area contributed by atoms with Crippen LogP contribution >= 0.6 is 11.3 Å². The lowest BCUT2D eigenvalue weighted by Crippen LogP contribution is -2.13. The zero-order valence-corrected chi connectivity index (χ0v) is 15.2. The van der Waals surface area contributed by atoms with Gasteiger partial charge in [-0.25, -0.2) is 4.79 Å². The van der Waals surface area contributed by atoms with Crippen molar-refractivity contribution in [1.82, 2.24) is 0 Å². The molecule has 0 radical (unpaired) electrons. The van der Waals surface area contributed by atoms with Crippen LogP contribution in [-0.4, -0.2) is 16.9 Å². The maximum absolute atomic E-state index is 12.4. The molecule has 1 aliphatic carbocycles. The van der Waals surface area contributed by atoms with Crippen molar-refractivity contribution in [3.63, 3.8) is 0 Å². The number of ketones is 1. The average Bonchev–Trinajstić information content (AvgIpc) is 2.98. The highest BCUT2D eigenvalue weighted by atomic mass is 32.1. The lowest BCUT2D eigenvalue weighted by atomic mass is 9.96. The molecule has 1 aliphatic rings. The molecule has 2 aromatic rings. The van der Waals surface area contributed by atoms with Gasteiger partial charge in [0.1, 0.15) is 16.8 Å². The van der Waals surface area contributed by atoms with Crippen LogP contribution in [0.1, 0.15) is 44.8 Å². The fourth-order valence-corrected chi connectivity index (χ4v) is 4.23. The lowest BCUT2D eigenvalue weighted by molar-refractivity contribution is -0.132. The van der Waals surface area contributed by atoms with Gasteiger partial charge in [0.05, 0.1) is 5.56 Å². The van der Waals surface area contributed by atoms with Gasteiger partial charge in [-0.3, -0.25) is 4.79 Å². The highest BCUT2D eigenvalue weighted by Gasteiger charge is 2.22. The number of aliphatic carboxylic acids is 1. The fourth-order valence-electron chi connectivity index (χ4n) is 2.98. The second-order valence-corrected chi connectivity index (χ2v) is 7.35. The molecule has 0 atom stereocenters. The van der Waals surface area contributed by atoms with Gasteiger partial charge in [0.15, 0.2) is 5.78 Å². The topological polar surface area (TPSA) is 90.2 Å². The zero-order valence-electron chi connectivity index (χ0n) is 14.3. The van der Waals surface area contributed by atoms with Crippen LogP contribution in [0.5, 0.6) is 0 Å². The van der Waals surface area contributed by atoms with E-state index in [2.05, 4.69) is 11.4 Å². The first-order chi connectivity index (χ1) is 12.5. The summed E-state index contributed by atoms with van der Waals surface area (Å²) in [5, 5.41) is 22.3. The zero-order chi connectivity index (χ0) is 18.7. The molecule has 1 aromatic heterocycles. The van der Waals surface area contributed by atoms with Crippen molar-refractivity contribution in [3.8, 4) is 6.07 Å². The highest BCUT2D eigenvalue weighted by molar-refractivity contribution is 7.16. The third kappa shape index (κ3) is 3.68. The Morgan fingerprint density at radius 2 is 1.92 bits per heavy atom. The number of fused-ring (bicyclic) bond motifs is 1. The Kier molecular flexibility index (Phi) is 5.19. The second-order valence-electron chi connectivity index (χ2n) is 6.25. The normalized spacial score (nSPS) is 13.6. The molecule has 0 bridgehead atoms. The maximum Gasteiger partial charge on any atom is 0.352 e. The number of nitriles is 1. The minimum Gasteiger partial charge on any atom is -0.477 e. The van der Waals surface area contributed by atoms with Gasteiger partial charge in [0.2, 0.25) is 0 Å². The van der Waals surface area contributed by atoms with E-state index >= 15 is 0 Å². The second kappa shape index (κ2) is 7.54. The van der Waals surface area contributed by atoms with Gasteiger partial charge in [-0.05, 0) is 38.2 Å². The summed E-state index contributed by atoms with van der Waals surface area (Å²) < 4.78 is 0. The molecule has 26 heavy (non-hydrogen) atoms. The highest BCUT2D eigenvalue weighted by Crippen LogP contribution is 2.38. The quantitative estimate of drug-likeness (QED) is 0.615. The molecule has 0 aliphatic heterocycles. The molecule has 6 heteroatoms. The summed E-state index contributed by atoms with van der Waals surface area (Å²) in [6.07, 6.45) is 4.93. The van der Waals surface area contributed by atoms with Gasteiger partial charge in [-0.2, -0.15) is 5.26 Å². The number of thiophene rings is 1. The van der Waals surface area contributed by atoms with E-state index in [4.69, 9.17) is 0 Å².